The Morgan fingerprint density at radius 3 is 2.63 bits per heavy atom. The second-order valence-corrected chi connectivity index (χ2v) is 11.1. The summed E-state index contributed by atoms with van der Waals surface area (Å²) < 4.78 is 16.2. The van der Waals surface area contributed by atoms with E-state index >= 15 is 0 Å². The second-order valence-electron chi connectivity index (χ2n) is 11.1. The first-order chi connectivity index (χ1) is 16.8. The number of nitrogens with zero attached hydrogens (tertiary/aromatic N) is 3. The molecule has 6 heteroatoms. The van der Waals surface area contributed by atoms with E-state index in [1.54, 1.807) is 0 Å². The molecule has 1 saturated heterocycles. The van der Waals surface area contributed by atoms with Crippen LogP contribution in [0.1, 0.15) is 19.3 Å². The summed E-state index contributed by atoms with van der Waals surface area (Å²) in [5.74, 6) is 1.56. The maximum Gasteiger partial charge on any atom is 0.261 e. The molecule has 0 bridgehead atoms. The van der Waals surface area contributed by atoms with Gasteiger partial charge in [-0.1, -0.05) is 12.1 Å². The Morgan fingerprint density at radius 2 is 1.86 bits per heavy atom. The topological polar surface area (TPSA) is 41.5 Å². The van der Waals surface area contributed by atoms with Gasteiger partial charge >= 0.3 is 0 Å². The fourth-order valence-corrected chi connectivity index (χ4v) is 5.36. The second kappa shape index (κ2) is 9.67. The number of aromatic nitrogens is 1. The Bertz CT molecular complexity index is 1330. The minimum absolute atomic E-state index is 0.635. The first kappa shape index (κ1) is 23.9. The summed E-state index contributed by atoms with van der Waals surface area (Å²) in [5, 5.41) is 5.98. The van der Waals surface area contributed by atoms with E-state index in [0.717, 1.165) is 64.1 Å². The van der Waals surface area contributed by atoms with Crippen molar-refractivity contribution in [3.63, 3.8) is 0 Å². The minimum atomic E-state index is 0.635. The number of fused-ring (bicyclic) bond motifs is 4. The van der Waals surface area contributed by atoms with Crippen LogP contribution in [0.15, 0.2) is 46.9 Å². The van der Waals surface area contributed by atoms with Crippen LogP contribution in [0, 0.1) is 5.92 Å². The normalized spacial score (nSPS) is 16.5. The zero-order chi connectivity index (χ0) is 24.6. The molecule has 2 aromatic heterocycles. The van der Waals surface area contributed by atoms with Crippen LogP contribution < -0.4 is 14.6 Å². The zero-order valence-corrected chi connectivity index (χ0v) is 21.9. The van der Waals surface area contributed by atoms with Crippen molar-refractivity contribution in [1.82, 2.24) is 4.90 Å². The summed E-state index contributed by atoms with van der Waals surface area (Å²) in [6, 6.07) is 14.8. The van der Waals surface area contributed by atoms with Crippen LogP contribution in [-0.4, -0.2) is 70.4 Å². The van der Waals surface area contributed by atoms with E-state index in [2.05, 4.69) is 92.5 Å². The molecule has 186 valence electrons. The number of benzene rings is 2. The minimum Gasteiger partial charge on any atom is -0.493 e. The number of para-hydroxylation sites is 1. The maximum atomic E-state index is 6.47. The molecule has 1 fully saturated rings. The molecule has 2 aromatic carbocycles. The van der Waals surface area contributed by atoms with Crippen molar-refractivity contribution in [2.45, 2.75) is 19.3 Å². The van der Waals surface area contributed by atoms with Gasteiger partial charge in [0.2, 0.25) is 11.1 Å². The number of hydrogen-bond acceptors (Lipinski definition) is 4. The number of anilines is 1. The number of quaternary nitrogens is 1. The predicted octanol–water partition coefficient (Wildman–Crippen LogP) is 4.79. The summed E-state index contributed by atoms with van der Waals surface area (Å²) >= 11 is 0. The summed E-state index contributed by atoms with van der Waals surface area (Å²) in [6.45, 7) is 5.19. The molecule has 1 aliphatic rings. The Balaban J connectivity index is 1.48. The van der Waals surface area contributed by atoms with Gasteiger partial charge in [0.15, 0.2) is 0 Å². The first-order valence-corrected chi connectivity index (χ1v) is 12.9. The number of likely N-dealkylation sites (tertiary alicyclic amines) is 1. The van der Waals surface area contributed by atoms with Gasteiger partial charge in [-0.3, -0.25) is 0 Å². The van der Waals surface area contributed by atoms with Crippen molar-refractivity contribution < 1.29 is 18.2 Å². The van der Waals surface area contributed by atoms with E-state index in [4.69, 9.17) is 9.15 Å². The van der Waals surface area contributed by atoms with Gasteiger partial charge in [0.25, 0.3) is 5.52 Å². The average Bonchev–Trinajstić information content (AvgIpc) is 3.21. The third kappa shape index (κ3) is 4.95. The highest BCUT2D eigenvalue weighted by atomic mass is 16.5. The summed E-state index contributed by atoms with van der Waals surface area (Å²) in [4.78, 5) is 2.22. The highest BCUT2D eigenvalue weighted by Crippen LogP contribution is 2.37. The SMILES string of the molecule is CN(C)CCCNc1c2ccccc2[n+](C)c2c1oc1ccc(OCC3CC[N+](C)(C)CC3)cc12. The van der Waals surface area contributed by atoms with Gasteiger partial charge in [-0.2, -0.15) is 4.57 Å². The number of hydrogen-bond donors (Lipinski definition) is 1. The van der Waals surface area contributed by atoms with E-state index in [9.17, 15) is 0 Å². The molecule has 5 rings (SSSR count). The third-order valence-corrected chi connectivity index (χ3v) is 7.59. The van der Waals surface area contributed by atoms with Gasteiger partial charge in [0.1, 0.15) is 18.4 Å². The molecular formula is C29H40N4O2+2. The Kier molecular flexibility index (Phi) is 6.60. The lowest BCUT2D eigenvalue weighted by atomic mass is 9.97. The van der Waals surface area contributed by atoms with Crippen molar-refractivity contribution in [3.05, 3.63) is 42.5 Å². The molecule has 0 saturated carbocycles. The Labute approximate surface area is 208 Å². The van der Waals surface area contributed by atoms with Crippen LogP contribution in [0.25, 0.3) is 33.0 Å². The maximum absolute atomic E-state index is 6.47. The molecule has 4 aromatic rings. The molecule has 0 aliphatic carbocycles. The van der Waals surface area contributed by atoms with Crippen LogP contribution in [-0.2, 0) is 7.05 Å². The molecule has 6 nitrogen and oxygen atoms in total. The number of rotatable bonds is 8. The number of piperidine rings is 1. The average molecular weight is 477 g/mol. The summed E-state index contributed by atoms with van der Waals surface area (Å²) in [5.41, 5.74) is 5.18. The fraction of sp³-hybridized carbons (Fsp3) is 0.483. The summed E-state index contributed by atoms with van der Waals surface area (Å²) in [6.07, 6.45) is 3.53. The van der Waals surface area contributed by atoms with Crippen molar-refractivity contribution in [1.29, 1.82) is 0 Å². The van der Waals surface area contributed by atoms with Gasteiger partial charge < -0.3 is 23.9 Å². The molecule has 1 N–H and O–H groups in total. The molecule has 0 atom stereocenters. The quantitative estimate of drug-likeness (QED) is 0.226. The highest BCUT2D eigenvalue weighted by molar-refractivity contribution is 6.11. The van der Waals surface area contributed by atoms with Crippen LogP contribution in [0.5, 0.6) is 5.75 Å². The lowest BCUT2D eigenvalue weighted by Gasteiger charge is -2.37. The molecule has 0 amide bonds. The van der Waals surface area contributed by atoms with Crippen LogP contribution in [0.3, 0.4) is 0 Å². The molecule has 3 heterocycles. The van der Waals surface area contributed by atoms with Gasteiger partial charge in [0, 0.05) is 31.4 Å². The molecule has 0 unspecified atom stereocenters. The fourth-order valence-electron chi connectivity index (χ4n) is 5.36. The van der Waals surface area contributed by atoms with Crippen molar-refractivity contribution in [3.8, 4) is 5.75 Å². The number of aryl methyl sites for hydroxylation is 1. The number of ether oxygens (including phenoxy) is 1. The van der Waals surface area contributed by atoms with Crippen molar-refractivity contribution in [2.24, 2.45) is 13.0 Å². The monoisotopic (exact) mass is 476 g/mol. The number of furan rings is 1. The Hall–Kier alpha value is -2.83. The van der Waals surface area contributed by atoms with Gasteiger partial charge in [-0.25, -0.2) is 0 Å². The van der Waals surface area contributed by atoms with E-state index < -0.39 is 0 Å². The Morgan fingerprint density at radius 1 is 1.09 bits per heavy atom. The van der Waals surface area contributed by atoms with E-state index in [1.165, 1.54) is 36.8 Å². The zero-order valence-electron chi connectivity index (χ0n) is 21.9. The van der Waals surface area contributed by atoms with Gasteiger partial charge in [-0.15, -0.1) is 0 Å². The third-order valence-electron chi connectivity index (χ3n) is 7.59. The molecular weight excluding hydrogens is 436 g/mol. The molecule has 1 aliphatic heterocycles. The first-order valence-electron chi connectivity index (χ1n) is 12.9. The highest BCUT2D eigenvalue weighted by Gasteiger charge is 2.27. The molecule has 0 spiro atoms. The van der Waals surface area contributed by atoms with Crippen LogP contribution in [0.2, 0.25) is 0 Å². The van der Waals surface area contributed by atoms with Crippen LogP contribution in [0.4, 0.5) is 5.69 Å². The standard InChI is InChI=1S/C29H39N4O2/c1-31(2)16-8-15-30-27-23-9-6-7-10-25(23)32(3)28-24-19-22(11-12-26(24)35-29(27)28)34-20-21-13-17-33(4,5)18-14-21/h6-7,9-12,19,21H,8,13-18,20H2,1-5H3/q+1/p+1. The molecule has 0 radical (unpaired) electrons. The number of pyridine rings is 1. The summed E-state index contributed by atoms with van der Waals surface area (Å²) in [7, 11) is 11.0. The van der Waals surface area contributed by atoms with Crippen LogP contribution >= 0.6 is 0 Å². The molecule has 35 heavy (non-hydrogen) atoms. The van der Waals surface area contributed by atoms with Gasteiger partial charge in [-0.05, 0) is 51.3 Å². The lowest BCUT2D eigenvalue weighted by Crippen LogP contribution is -2.46. The number of nitrogens with one attached hydrogen (secondary N) is 1. The van der Waals surface area contributed by atoms with Crippen molar-refractivity contribution >= 4 is 38.7 Å². The predicted molar refractivity (Wildman–Crippen MR) is 144 cm³/mol. The van der Waals surface area contributed by atoms with E-state index in [-0.39, 0.29) is 0 Å². The van der Waals surface area contributed by atoms with E-state index in [0.29, 0.717) is 5.92 Å². The smallest absolute Gasteiger partial charge is 0.261 e. The van der Waals surface area contributed by atoms with E-state index in [1.807, 2.05) is 0 Å². The lowest BCUT2D eigenvalue weighted by molar-refractivity contribution is -0.896. The van der Waals surface area contributed by atoms with Crippen molar-refractivity contribution in [2.75, 3.05) is 66.3 Å². The van der Waals surface area contributed by atoms with Gasteiger partial charge in [0.05, 0.1) is 50.3 Å². The largest absolute Gasteiger partial charge is 0.493 e.